The second-order valence-electron chi connectivity index (χ2n) is 6.59. The third kappa shape index (κ3) is 3.25. The normalized spacial score (nSPS) is 19.3. The van der Waals surface area contributed by atoms with Crippen LogP contribution in [0.3, 0.4) is 0 Å². The Kier molecular flexibility index (Phi) is 4.18. The zero-order chi connectivity index (χ0) is 17.2. The molecule has 2 aliphatic heterocycles. The maximum Gasteiger partial charge on any atom is 0.249 e. The maximum absolute atomic E-state index is 12.7. The predicted octanol–water partition coefficient (Wildman–Crippen LogP) is 3.83. The molecule has 4 rings (SSSR count). The summed E-state index contributed by atoms with van der Waals surface area (Å²) in [4.78, 5) is 14.7. The fourth-order valence-electron chi connectivity index (χ4n) is 3.49. The fraction of sp³-hybridized carbons (Fsp3) is 0.286. The lowest BCUT2D eigenvalue weighted by atomic mass is 9.98. The summed E-state index contributed by atoms with van der Waals surface area (Å²) in [5, 5.41) is 0. The van der Waals surface area contributed by atoms with Gasteiger partial charge in [-0.1, -0.05) is 36.4 Å². The Morgan fingerprint density at radius 2 is 1.92 bits per heavy atom. The van der Waals surface area contributed by atoms with Crippen molar-refractivity contribution in [3.63, 3.8) is 0 Å². The van der Waals surface area contributed by atoms with E-state index in [1.54, 1.807) is 0 Å². The van der Waals surface area contributed by atoms with E-state index in [2.05, 4.69) is 6.07 Å². The first kappa shape index (κ1) is 15.8. The summed E-state index contributed by atoms with van der Waals surface area (Å²) in [7, 11) is 0. The van der Waals surface area contributed by atoms with Gasteiger partial charge in [0.05, 0.1) is 0 Å². The maximum atomic E-state index is 12.7. The number of benzene rings is 2. The molecule has 0 aliphatic carbocycles. The minimum Gasteiger partial charge on any atom is -0.454 e. The molecule has 0 radical (unpaired) electrons. The molecule has 0 spiro atoms. The van der Waals surface area contributed by atoms with E-state index < -0.39 is 0 Å². The Morgan fingerprint density at radius 3 is 2.76 bits per heavy atom. The number of carbonyl (C=O) groups excluding carboxylic acids is 1. The van der Waals surface area contributed by atoms with Crippen molar-refractivity contribution in [1.29, 1.82) is 0 Å². The van der Waals surface area contributed by atoms with E-state index in [4.69, 9.17) is 9.47 Å². The van der Waals surface area contributed by atoms with Crippen LogP contribution in [0.1, 0.15) is 30.4 Å². The Labute approximate surface area is 147 Å². The van der Waals surface area contributed by atoms with Crippen molar-refractivity contribution in [2.75, 3.05) is 19.9 Å². The molecule has 0 aromatic heterocycles. The molecule has 1 saturated heterocycles. The van der Waals surface area contributed by atoms with Gasteiger partial charge in [0.1, 0.15) is 0 Å². The smallest absolute Gasteiger partial charge is 0.249 e. The van der Waals surface area contributed by atoms with Crippen LogP contribution in [0.5, 0.6) is 11.5 Å². The molecule has 0 bridgehead atoms. The minimum absolute atomic E-state index is 0.118. The van der Waals surface area contributed by atoms with Crippen molar-refractivity contribution in [2.24, 2.45) is 0 Å². The molecular formula is C21H21NO3. The molecule has 2 aliphatic rings. The van der Waals surface area contributed by atoms with E-state index in [0.29, 0.717) is 5.92 Å². The van der Waals surface area contributed by atoms with E-state index >= 15 is 0 Å². The molecule has 1 fully saturated rings. The molecule has 4 heteroatoms. The van der Waals surface area contributed by atoms with Gasteiger partial charge in [0, 0.05) is 24.6 Å². The molecule has 1 unspecified atom stereocenters. The summed E-state index contributed by atoms with van der Waals surface area (Å²) in [5.41, 5.74) is 3.04. The monoisotopic (exact) mass is 335 g/mol. The topological polar surface area (TPSA) is 38.8 Å². The van der Waals surface area contributed by atoms with Gasteiger partial charge in [-0.25, -0.2) is 0 Å². The first-order valence-corrected chi connectivity index (χ1v) is 8.63. The first-order chi connectivity index (χ1) is 12.2. The summed E-state index contributed by atoms with van der Waals surface area (Å²) in [6.45, 7) is 3.72. The molecule has 2 aromatic carbocycles. The number of nitrogens with zero attached hydrogens (tertiary/aromatic N) is 1. The van der Waals surface area contributed by atoms with Gasteiger partial charge < -0.3 is 14.4 Å². The zero-order valence-corrected chi connectivity index (χ0v) is 14.3. The predicted molar refractivity (Wildman–Crippen MR) is 96.6 cm³/mol. The van der Waals surface area contributed by atoms with E-state index in [9.17, 15) is 4.79 Å². The number of carbonyl (C=O) groups is 1. The number of ether oxygens (including phenoxy) is 2. The average molecular weight is 335 g/mol. The molecular weight excluding hydrogens is 314 g/mol. The third-order valence-electron chi connectivity index (χ3n) is 4.86. The number of rotatable bonds is 3. The number of likely N-dealkylation sites (tertiary alicyclic amines) is 1. The molecule has 128 valence electrons. The highest BCUT2D eigenvalue weighted by Gasteiger charge is 2.29. The van der Waals surface area contributed by atoms with Crippen LogP contribution in [-0.2, 0) is 4.79 Å². The van der Waals surface area contributed by atoms with Crippen molar-refractivity contribution in [3.8, 4) is 11.5 Å². The van der Waals surface area contributed by atoms with Crippen LogP contribution in [0.4, 0.5) is 0 Å². The van der Waals surface area contributed by atoms with Gasteiger partial charge in [-0.3, -0.25) is 4.79 Å². The highest BCUT2D eigenvalue weighted by Crippen LogP contribution is 2.37. The van der Waals surface area contributed by atoms with E-state index in [1.807, 2.05) is 60.4 Å². The Balaban J connectivity index is 1.45. The highest BCUT2D eigenvalue weighted by molar-refractivity contribution is 5.97. The molecule has 2 aromatic rings. The number of hydrogen-bond acceptors (Lipinski definition) is 3. The van der Waals surface area contributed by atoms with Gasteiger partial charge in [0.25, 0.3) is 0 Å². The highest BCUT2D eigenvalue weighted by atomic mass is 16.7. The standard InChI is InChI=1S/C21H21NO3/c1-15(11-16-5-3-2-4-6-16)21(23)22-10-9-18(13-22)17-7-8-19-20(12-17)25-14-24-19/h2-8,11-12,18H,9-10,13-14H2,1H3/b15-11+. The second-order valence-corrected chi connectivity index (χ2v) is 6.59. The SMILES string of the molecule is C/C(=C\c1ccccc1)C(=O)N1CCC(c2ccc3c(c2)OCO3)C1. The van der Waals surface area contributed by atoms with Crippen molar-refractivity contribution in [3.05, 3.63) is 65.2 Å². The Morgan fingerprint density at radius 1 is 1.12 bits per heavy atom. The van der Waals surface area contributed by atoms with Gasteiger partial charge in [-0.05, 0) is 42.7 Å². The molecule has 1 amide bonds. The lowest BCUT2D eigenvalue weighted by molar-refractivity contribution is -0.126. The van der Waals surface area contributed by atoms with Crippen LogP contribution in [-0.4, -0.2) is 30.7 Å². The average Bonchev–Trinajstić information content (AvgIpc) is 3.30. The number of amides is 1. The summed E-state index contributed by atoms with van der Waals surface area (Å²) < 4.78 is 10.8. The van der Waals surface area contributed by atoms with Crippen LogP contribution in [0.15, 0.2) is 54.1 Å². The summed E-state index contributed by atoms with van der Waals surface area (Å²) in [6, 6.07) is 16.1. The number of fused-ring (bicyclic) bond motifs is 1. The Bertz CT molecular complexity index is 813. The van der Waals surface area contributed by atoms with E-state index in [0.717, 1.165) is 42.1 Å². The van der Waals surface area contributed by atoms with Gasteiger partial charge in [0.2, 0.25) is 12.7 Å². The summed E-state index contributed by atoms with van der Waals surface area (Å²) >= 11 is 0. The second kappa shape index (κ2) is 6.63. The van der Waals surface area contributed by atoms with Gasteiger partial charge in [-0.15, -0.1) is 0 Å². The molecule has 4 nitrogen and oxygen atoms in total. The minimum atomic E-state index is 0.118. The molecule has 1 atom stereocenters. The van der Waals surface area contributed by atoms with Crippen molar-refractivity contribution in [2.45, 2.75) is 19.3 Å². The van der Waals surface area contributed by atoms with Crippen molar-refractivity contribution >= 4 is 12.0 Å². The fourth-order valence-corrected chi connectivity index (χ4v) is 3.49. The summed E-state index contributed by atoms with van der Waals surface area (Å²) in [6.07, 6.45) is 2.93. The molecule has 2 heterocycles. The van der Waals surface area contributed by atoms with Crippen LogP contribution >= 0.6 is 0 Å². The molecule has 0 N–H and O–H groups in total. The Hall–Kier alpha value is -2.75. The van der Waals surface area contributed by atoms with Gasteiger partial charge >= 0.3 is 0 Å². The lowest BCUT2D eigenvalue weighted by Gasteiger charge is -2.17. The molecule has 25 heavy (non-hydrogen) atoms. The van der Waals surface area contributed by atoms with E-state index in [1.165, 1.54) is 5.56 Å². The lowest BCUT2D eigenvalue weighted by Crippen LogP contribution is -2.29. The summed E-state index contributed by atoms with van der Waals surface area (Å²) in [5.74, 6) is 2.08. The van der Waals surface area contributed by atoms with E-state index in [-0.39, 0.29) is 12.7 Å². The zero-order valence-electron chi connectivity index (χ0n) is 14.3. The van der Waals surface area contributed by atoms with Crippen molar-refractivity contribution in [1.82, 2.24) is 4.90 Å². The van der Waals surface area contributed by atoms with Crippen molar-refractivity contribution < 1.29 is 14.3 Å². The largest absolute Gasteiger partial charge is 0.454 e. The van der Waals surface area contributed by atoms with Crippen LogP contribution in [0.25, 0.3) is 6.08 Å². The molecule has 0 saturated carbocycles. The van der Waals surface area contributed by atoms with Crippen LogP contribution in [0, 0.1) is 0 Å². The first-order valence-electron chi connectivity index (χ1n) is 8.63. The number of hydrogen-bond donors (Lipinski definition) is 0. The van der Waals surface area contributed by atoms with Gasteiger partial charge in [0.15, 0.2) is 11.5 Å². The van der Waals surface area contributed by atoms with Crippen LogP contribution in [0.2, 0.25) is 0 Å². The third-order valence-corrected chi connectivity index (χ3v) is 4.86. The van der Waals surface area contributed by atoms with Gasteiger partial charge in [-0.2, -0.15) is 0 Å². The quantitative estimate of drug-likeness (QED) is 0.800. The van der Waals surface area contributed by atoms with Crippen LogP contribution < -0.4 is 9.47 Å².